The molecule has 0 fully saturated rings. The molecule has 0 spiro atoms. The van der Waals surface area contributed by atoms with E-state index in [1.165, 1.54) is 0 Å². The molecule has 0 aliphatic heterocycles. The van der Waals surface area contributed by atoms with Crippen LogP contribution in [0.5, 0.6) is 0 Å². The Kier molecular flexibility index (Phi) is 4.09. The summed E-state index contributed by atoms with van der Waals surface area (Å²) in [7, 11) is 0. The Labute approximate surface area is 148 Å². The summed E-state index contributed by atoms with van der Waals surface area (Å²) < 4.78 is 0. The molecule has 2 aromatic heterocycles. The predicted molar refractivity (Wildman–Crippen MR) is 80.2 cm³/mol. The van der Waals surface area contributed by atoms with Crippen LogP contribution in [0, 0.1) is 12.1 Å². The van der Waals surface area contributed by atoms with E-state index < -0.39 is 0 Å². The van der Waals surface area contributed by atoms with E-state index in [9.17, 15) is 0 Å². The Morgan fingerprint density at radius 1 is 0.905 bits per heavy atom. The van der Waals surface area contributed by atoms with E-state index in [0.29, 0.717) is 0 Å². The summed E-state index contributed by atoms with van der Waals surface area (Å²) in [6.45, 7) is 0. The number of pyridine rings is 2. The molecule has 3 heteroatoms. The van der Waals surface area contributed by atoms with Crippen molar-refractivity contribution in [2.24, 2.45) is 0 Å². The second kappa shape index (κ2) is 6.01. The fraction of sp³-hybridized carbons (Fsp3) is 0. The van der Waals surface area contributed by atoms with Crippen LogP contribution in [-0.2, 0) is 32.7 Å². The third-order valence-electron chi connectivity index (χ3n) is 3.34. The Morgan fingerprint density at radius 2 is 1.81 bits per heavy atom. The maximum Gasteiger partial charge on any atom is 0.0152 e. The zero-order valence-electron chi connectivity index (χ0n) is 11.2. The van der Waals surface area contributed by atoms with Crippen molar-refractivity contribution < 1.29 is 32.7 Å². The molecule has 0 bridgehead atoms. The second-order valence-corrected chi connectivity index (χ2v) is 4.61. The molecular formula is C18H10N2Y-2. The minimum Gasteiger partial charge on any atom is -0.343 e. The number of benzene rings is 2. The van der Waals surface area contributed by atoms with Gasteiger partial charge >= 0.3 is 0 Å². The molecule has 2 nitrogen and oxygen atoms in total. The van der Waals surface area contributed by atoms with E-state index in [1.807, 2.05) is 54.7 Å². The van der Waals surface area contributed by atoms with Crippen molar-refractivity contribution >= 4 is 21.8 Å². The Morgan fingerprint density at radius 3 is 2.76 bits per heavy atom. The van der Waals surface area contributed by atoms with Gasteiger partial charge in [0.1, 0.15) is 0 Å². The first-order chi connectivity index (χ1) is 9.92. The van der Waals surface area contributed by atoms with Gasteiger partial charge in [-0.15, -0.1) is 17.5 Å². The van der Waals surface area contributed by atoms with Crippen LogP contribution < -0.4 is 0 Å². The smallest absolute Gasteiger partial charge is 0.0152 e. The summed E-state index contributed by atoms with van der Waals surface area (Å²) in [5, 5.41) is 2.11. The number of hydrogen-bond acceptors (Lipinski definition) is 2. The summed E-state index contributed by atoms with van der Waals surface area (Å²) in [6, 6.07) is 22.6. The van der Waals surface area contributed by atoms with Crippen LogP contribution in [0.4, 0.5) is 0 Å². The standard InChI is InChI=1S/C18H10N2.Y/c1-2-9-17-14(5-1)11-15(12-20-17)16-8-3-6-13-7-4-10-19-18(13)16;/h1-7,9-10,12H;/q-2;. The SMILES string of the molecule is [Y].[c-]1ccc2cccnc2c1-c1[c-]c2ccccc2nc1. The van der Waals surface area contributed by atoms with Crippen molar-refractivity contribution in [1.29, 1.82) is 0 Å². The minimum atomic E-state index is 0. The molecule has 0 saturated carbocycles. The zero-order valence-corrected chi connectivity index (χ0v) is 14.1. The van der Waals surface area contributed by atoms with Gasteiger partial charge in [-0.25, -0.2) is 0 Å². The predicted octanol–water partition coefficient (Wildman–Crippen LogP) is 4.05. The molecule has 2 aromatic carbocycles. The quantitative estimate of drug-likeness (QED) is 0.488. The van der Waals surface area contributed by atoms with Crippen molar-refractivity contribution in [3.63, 3.8) is 0 Å². The van der Waals surface area contributed by atoms with E-state index in [-0.39, 0.29) is 32.7 Å². The fourth-order valence-corrected chi connectivity index (χ4v) is 2.38. The van der Waals surface area contributed by atoms with Gasteiger partial charge in [0.05, 0.1) is 0 Å². The van der Waals surface area contributed by atoms with E-state index >= 15 is 0 Å². The van der Waals surface area contributed by atoms with Crippen LogP contribution in [0.1, 0.15) is 0 Å². The van der Waals surface area contributed by atoms with E-state index in [4.69, 9.17) is 0 Å². The Hall–Kier alpha value is -1.64. The third kappa shape index (κ3) is 2.62. The molecule has 0 atom stereocenters. The van der Waals surface area contributed by atoms with Gasteiger partial charge in [-0.1, -0.05) is 35.8 Å². The molecule has 4 aromatic rings. The van der Waals surface area contributed by atoms with Crippen LogP contribution in [0.15, 0.2) is 60.9 Å². The van der Waals surface area contributed by atoms with E-state index in [2.05, 4.69) is 22.1 Å². The van der Waals surface area contributed by atoms with Crippen LogP contribution in [0.2, 0.25) is 0 Å². The van der Waals surface area contributed by atoms with Crippen molar-refractivity contribution in [2.75, 3.05) is 0 Å². The molecule has 0 saturated heterocycles. The molecule has 21 heavy (non-hydrogen) atoms. The van der Waals surface area contributed by atoms with Gasteiger partial charge in [0.25, 0.3) is 0 Å². The normalized spacial score (nSPS) is 10.5. The largest absolute Gasteiger partial charge is 0.343 e. The number of para-hydroxylation sites is 1. The first kappa shape index (κ1) is 14.3. The number of fused-ring (bicyclic) bond motifs is 2. The average Bonchev–Trinajstić information content (AvgIpc) is 2.54. The molecule has 0 aliphatic carbocycles. The number of rotatable bonds is 1. The van der Waals surface area contributed by atoms with Gasteiger partial charge in [-0.05, 0) is 17.1 Å². The summed E-state index contributed by atoms with van der Waals surface area (Å²) in [5.41, 5.74) is 3.75. The zero-order chi connectivity index (χ0) is 13.4. The van der Waals surface area contributed by atoms with E-state index in [1.54, 1.807) is 6.20 Å². The minimum absolute atomic E-state index is 0. The van der Waals surface area contributed by atoms with Gasteiger partial charge in [0.15, 0.2) is 0 Å². The summed E-state index contributed by atoms with van der Waals surface area (Å²) in [6.07, 6.45) is 3.64. The van der Waals surface area contributed by atoms with E-state index in [0.717, 1.165) is 32.9 Å². The van der Waals surface area contributed by atoms with Gasteiger partial charge in [0.2, 0.25) is 0 Å². The summed E-state index contributed by atoms with van der Waals surface area (Å²) >= 11 is 0. The van der Waals surface area contributed by atoms with Crippen molar-refractivity contribution in [3.8, 4) is 11.1 Å². The summed E-state index contributed by atoms with van der Waals surface area (Å²) in [4.78, 5) is 8.94. The maximum absolute atomic E-state index is 4.49. The first-order valence-electron chi connectivity index (χ1n) is 6.45. The molecule has 0 amide bonds. The molecule has 2 heterocycles. The van der Waals surface area contributed by atoms with Gasteiger partial charge < -0.3 is 9.97 Å². The average molecular weight is 343 g/mol. The van der Waals surface area contributed by atoms with Gasteiger partial charge in [-0.3, -0.25) is 0 Å². The number of aromatic nitrogens is 2. The molecule has 0 aliphatic rings. The first-order valence-corrected chi connectivity index (χ1v) is 6.45. The fourth-order valence-electron chi connectivity index (χ4n) is 2.38. The molecule has 4 rings (SSSR count). The second-order valence-electron chi connectivity index (χ2n) is 4.61. The monoisotopic (exact) mass is 343 g/mol. The molecule has 0 N–H and O–H groups in total. The van der Waals surface area contributed by atoms with Crippen molar-refractivity contribution in [3.05, 3.63) is 73.1 Å². The third-order valence-corrected chi connectivity index (χ3v) is 3.34. The van der Waals surface area contributed by atoms with Gasteiger partial charge in [0, 0.05) is 38.9 Å². The Bertz CT molecular complexity index is 913. The number of nitrogens with zero attached hydrogens (tertiary/aromatic N) is 2. The van der Waals surface area contributed by atoms with Gasteiger partial charge in [-0.2, -0.15) is 29.3 Å². The van der Waals surface area contributed by atoms with Crippen molar-refractivity contribution in [2.45, 2.75) is 0 Å². The van der Waals surface area contributed by atoms with Crippen LogP contribution in [0.3, 0.4) is 0 Å². The van der Waals surface area contributed by atoms with Crippen molar-refractivity contribution in [1.82, 2.24) is 9.97 Å². The van der Waals surface area contributed by atoms with Crippen LogP contribution in [-0.4, -0.2) is 9.97 Å². The Balaban J connectivity index is 0.00000132. The molecule has 0 unspecified atom stereocenters. The molecular weight excluding hydrogens is 333 g/mol. The van der Waals surface area contributed by atoms with Crippen LogP contribution >= 0.6 is 0 Å². The van der Waals surface area contributed by atoms with Crippen LogP contribution in [0.25, 0.3) is 32.9 Å². The maximum atomic E-state index is 4.49. The molecule has 1 radical (unpaired) electrons. The number of hydrogen-bond donors (Lipinski definition) is 0. The molecule has 97 valence electrons. The topological polar surface area (TPSA) is 25.8 Å². The summed E-state index contributed by atoms with van der Waals surface area (Å²) in [5.74, 6) is 0.